The molecule has 3 aromatic heterocycles. The van der Waals surface area contributed by atoms with E-state index in [1.165, 1.54) is 34.8 Å². The third-order valence-electron chi connectivity index (χ3n) is 4.47. The normalized spacial score (nSPS) is 14.2. The number of aryl methyl sites for hydroxylation is 4. The van der Waals surface area contributed by atoms with E-state index in [0.29, 0.717) is 5.95 Å². The summed E-state index contributed by atoms with van der Waals surface area (Å²) in [6, 6.07) is 0. The van der Waals surface area contributed by atoms with Crippen LogP contribution in [0.2, 0.25) is 0 Å². The molecule has 5 nitrogen and oxygen atoms in total. The highest BCUT2D eigenvalue weighted by Gasteiger charge is 2.21. The minimum atomic E-state index is 0.0513. The van der Waals surface area contributed by atoms with E-state index in [4.69, 9.17) is 4.98 Å². The first-order chi connectivity index (χ1) is 11.1. The molecule has 0 saturated heterocycles. The number of thiophene rings is 1. The summed E-state index contributed by atoms with van der Waals surface area (Å²) in [5.41, 5.74) is 3.18. The Kier molecular flexibility index (Phi) is 3.50. The molecular weight excluding hydrogens is 328 g/mol. The SMILES string of the molecule is Cc1nsc(C)c1Nc1nc2sc3c(c2c(=O)n1C)CCCC3. The van der Waals surface area contributed by atoms with Crippen molar-refractivity contribution >= 4 is 44.7 Å². The highest BCUT2D eigenvalue weighted by molar-refractivity contribution is 7.18. The van der Waals surface area contributed by atoms with Crippen molar-refractivity contribution < 1.29 is 0 Å². The molecule has 0 bridgehead atoms. The Morgan fingerprint density at radius 3 is 2.74 bits per heavy atom. The van der Waals surface area contributed by atoms with Crippen molar-refractivity contribution in [3.05, 3.63) is 31.4 Å². The van der Waals surface area contributed by atoms with Gasteiger partial charge < -0.3 is 5.32 Å². The van der Waals surface area contributed by atoms with Gasteiger partial charge in [0.25, 0.3) is 5.56 Å². The molecule has 4 rings (SSSR count). The van der Waals surface area contributed by atoms with E-state index in [1.54, 1.807) is 23.0 Å². The molecule has 3 aromatic rings. The molecule has 0 atom stereocenters. The van der Waals surface area contributed by atoms with E-state index in [2.05, 4.69) is 9.69 Å². The van der Waals surface area contributed by atoms with Gasteiger partial charge in [0.05, 0.1) is 16.8 Å². The minimum Gasteiger partial charge on any atom is -0.323 e. The predicted molar refractivity (Wildman–Crippen MR) is 96.4 cm³/mol. The van der Waals surface area contributed by atoms with Crippen LogP contribution in [0.3, 0.4) is 0 Å². The quantitative estimate of drug-likeness (QED) is 0.769. The maximum absolute atomic E-state index is 12.9. The van der Waals surface area contributed by atoms with Crippen LogP contribution in [0.15, 0.2) is 4.79 Å². The van der Waals surface area contributed by atoms with E-state index in [0.717, 1.165) is 39.3 Å². The van der Waals surface area contributed by atoms with Crippen LogP contribution in [0.1, 0.15) is 33.9 Å². The van der Waals surface area contributed by atoms with Crippen LogP contribution in [-0.2, 0) is 19.9 Å². The van der Waals surface area contributed by atoms with Gasteiger partial charge in [-0.25, -0.2) is 4.98 Å². The maximum Gasteiger partial charge on any atom is 0.263 e. The lowest BCUT2D eigenvalue weighted by Gasteiger charge is -2.12. The van der Waals surface area contributed by atoms with Crippen LogP contribution in [0, 0.1) is 13.8 Å². The molecular formula is C16H18N4OS2. The standard InChI is InChI=1S/C16H18N4OS2/c1-8-13(9(2)23-19-8)17-16-18-14-12(15(21)20(16)3)10-6-4-5-7-11(10)22-14/h4-7H2,1-3H3,(H,17,18). The molecule has 0 aliphatic heterocycles. The Balaban J connectivity index is 1.89. The number of anilines is 2. The first kappa shape index (κ1) is 14.8. The fourth-order valence-corrected chi connectivity index (χ4v) is 5.08. The third kappa shape index (κ3) is 2.30. The molecule has 0 aromatic carbocycles. The zero-order chi connectivity index (χ0) is 16.1. The average Bonchev–Trinajstić information content (AvgIpc) is 3.06. The molecule has 0 unspecified atom stereocenters. The average molecular weight is 346 g/mol. The van der Waals surface area contributed by atoms with E-state index >= 15 is 0 Å². The Bertz CT molecular complexity index is 947. The van der Waals surface area contributed by atoms with Crippen molar-refractivity contribution in [1.82, 2.24) is 13.9 Å². The van der Waals surface area contributed by atoms with E-state index < -0.39 is 0 Å². The van der Waals surface area contributed by atoms with Crippen LogP contribution in [0.4, 0.5) is 11.6 Å². The molecule has 0 spiro atoms. The number of hydrogen-bond donors (Lipinski definition) is 1. The molecule has 3 heterocycles. The lowest BCUT2D eigenvalue weighted by Crippen LogP contribution is -2.21. The van der Waals surface area contributed by atoms with Gasteiger partial charge in [0.15, 0.2) is 0 Å². The number of nitrogens with one attached hydrogen (secondary N) is 1. The van der Waals surface area contributed by atoms with Gasteiger partial charge in [-0.1, -0.05) is 0 Å². The topological polar surface area (TPSA) is 59.8 Å². The van der Waals surface area contributed by atoms with Crippen LogP contribution >= 0.6 is 22.9 Å². The van der Waals surface area contributed by atoms with Crippen molar-refractivity contribution in [2.24, 2.45) is 7.05 Å². The van der Waals surface area contributed by atoms with Gasteiger partial charge in [0.1, 0.15) is 4.83 Å². The van der Waals surface area contributed by atoms with Gasteiger partial charge in [-0.05, 0) is 56.6 Å². The summed E-state index contributed by atoms with van der Waals surface area (Å²) < 4.78 is 5.97. The van der Waals surface area contributed by atoms with Crippen molar-refractivity contribution in [2.75, 3.05) is 5.32 Å². The molecule has 1 N–H and O–H groups in total. The highest BCUT2D eigenvalue weighted by atomic mass is 32.1. The smallest absolute Gasteiger partial charge is 0.263 e. The Labute approximate surface area is 142 Å². The second-order valence-electron chi connectivity index (χ2n) is 6.01. The number of nitrogens with zero attached hydrogens (tertiary/aromatic N) is 3. The van der Waals surface area contributed by atoms with Gasteiger partial charge in [-0.15, -0.1) is 11.3 Å². The van der Waals surface area contributed by atoms with Gasteiger partial charge in [0, 0.05) is 16.8 Å². The second kappa shape index (κ2) is 5.42. The molecule has 23 heavy (non-hydrogen) atoms. The maximum atomic E-state index is 12.9. The zero-order valence-electron chi connectivity index (χ0n) is 13.4. The summed E-state index contributed by atoms with van der Waals surface area (Å²) in [4.78, 5) is 20.9. The molecule has 0 saturated carbocycles. The van der Waals surface area contributed by atoms with E-state index in [1.807, 2.05) is 13.8 Å². The highest BCUT2D eigenvalue weighted by Crippen LogP contribution is 2.34. The summed E-state index contributed by atoms with van der Waals surface area (Å²) in [5.74, 6) is 0.590. The van der Waals surface area contributed by atoms with Crippen molar-refractivity contribution in [3.63, 3.8) is 0 Å². The molecule has 7 heteroatoms. The fourth-order valence-electron chi connectivity index (χ4n) is 3.17. The zero-order valence-corrected chi connectivity index (χ0v) is 15.0. The second-order valence-corrected chi connectivity index (χ2v) is 8.08. The first-order valence-corrected chi connectivity index (χ1v) is 9.36. The summed E-state index contributed by atoms with van der Waals surface area (Å²) in [5, 5.41) is 4.14. The Morgan fingerprint density at radius 1 is 1.22 bits per heavy atom. The van der Waals surface area contributed by atoms with Gasteiger partial charge in [-0.2, -0.15) is 4.37 Å². The Morgan fingerprint density at radius 2 is 2.00 bits per heavy atom. The molecule has 120 valence electrons. The first-order valence-electron chi connectivity index (χ1n) is 7.77. The summed E-state index contributed by atoms with van der Waals surface area (Å²) in [6.45, 7) is 3.99. The molecule has 1 aliphatic carbocycles. The van der Waals surface area contributed by atoms with E-state index in [9.17, 15) is 4.79 Å². The van der Waals surface area contributed by atoms with Gasteiger partial charge >= 0.3 is 0 Å². The van der Waals surface area contributed by atoms with Gasteiger partial charge in [0.2, 0.25) is 5.95 Å². The number of rotatable bonds is 2. The summed E-state index contributed by atoms with van der Waals surface area (Å²) in [7, 11) is 1.79. The number of hydrogen-bond acceptors (Lipinski definition) is 6. The third-order valence-corrected chi connectivity index (χ3v) is 6.50. The van der Waals surface area contributed by atoms with Crippen LogP contribution in [-0.4, -0.2) is 13.9 Å². The van der Waals surface area contributed by atoms with Crippen LogP contribution < -0.4 is 10.9 Å². The van der Waals surface area contributed by atoms with Crippen molar-refractivity contribution in [2.45, 2.75) is 39.5 Å². The molecule has 0 radical (unpaired) electrons. The molecule has 1 aliphatic rings. The lowest BCUT2D eigenvalue weighted by molar-refractivity contribution is 0.699. The summed E-state index contributed by atoms with van der Waals surface area (Å²) in [6.07, 6.45) is 4.46. The van der Waals surface area contributed by atoms with Crippen molar-refractivity contribution in [3.8, 4) is 0 Å². The lowest BCUT2D eigenvalue weighted by atomic mass is 9.97. The predicted octanol–water partition coefficient (Wildman–Crippen LogP) is 3.69. The summed E-state index contributed by atoms with van der Waals surface area (Å²) >= 11 is 3.14. The van der Waals surface area contributed by atoms with Crippen molar-refractivity contribution in [1.29, 1.82) is 0 Å². The van der Waals surface area contributed by atoms with E-state index in [-0.39, 0.29) is 5.56 Å². The molecule has 0 fully saturated rings. The largest absolute Gasteiger partial charge is 0.323 e. The van der Waals surface area contributed by atoms with Crippen LogP contribution in [0.5, 0.6) is 0 Å². The fraction of sp³-hybridized carbons (Fsp3) is 0.438. The number of aromatic nitrogens is 3. The van der Waals surface area contributed by atoms with Crippen LogP contribution in [0.25, 0.3) is 10.2 Å². The Hall–Kier alpha value is -1.73. The molecule has 0 amide bonds. The number of fused-ring (bicyclic) bond motifs is 3. The minimum absolute atomic E-state index is 0.0513. The van der Waals surface area contributed by atoms with Gasteiger partial charge in [-0.3, -0.25) is 9.36 Å². The monoisotopic (exact) mass is 346 g/mol.